The molecule has 0 spiro atoms. The van der Waals surface area contributed by atoms with Crippen molar-refractivity contribution in [1.29, 1.82) is 0 Å². The van der Waals surface area contributed by atoms with Gasteiger partial charge in [0.1, 0.15) is 11.3 Å². The quantitative estimate of drug-likeness (QED) is 0.170. The Kier molecular flexibility index (Phi) is 9.40. The number of nitrogens with one attached hydrogen (secondary N) is 1. The standard InChI is InChI=1S/C29H35NO5/c1-19(2)6-8-22-16-23(9-7-20(22)3)26(32)18-25-17-24-10-11-27(21(4)28(24)35-29(25)33)34-15-5-12-30-13-14-31/h6-7,9-11,16-17,30-31H,5,8,12-15,18H2,1-4H3. The summed E-state index contributed by atoms with van der Waals surface area (Å²) in [5, 5.41) is 12.7. The predicted molar refractivity (Wildman–Crippen MR) is 140 cm³/mol. The Balaban J connectivity index is 1.75. The predicted octanol–water partition coefficient (Wildman–Crippen LogP) is 4.69. The number of carbonyl (C=O) groups excluding carboxylic acids is 1. The van der Waals surface area contributed by atoms with Crippen molar-refractivity contribution >= 4 is 16.8 Å². The topological polar surface area (TPSA) is 88.8 Å². The summed E-state index contributed by atoms with van der Waals surface area (Å²) in [5.74, 6) is 0.553. The lowest BCUT2D eigenvalue weighted by Crippen LogP contribution is -2.20. The Hall–Kier alpha value is -3.22. The first-order valence-corrected chi connectivity index (χ1v) is 12.1. The molecule has 0 unspecified atom stereocenters. The molecule has 0 fully saturated rings. The molecule has 0 saturated carbocycles. The molecule has 2 aromatic carbocycles. The number of fused-ring (bicyclic) bond motifs is 1. The molecule has 0 atom stereocenters. The Morgan fingerprint density at radius 3 is 2.63 bits per heavy atom. The van der Waals surface area contributed by atoms with Gasteiger partial charge < -0.3 is 19.6 Å². The van der Waals surface area contributed by atoms with Crippen molar-refractivity contribution in [3.8, 4) is 5.75 Å². The van der Waals surface area contributed by atoms with Crippen LogP contribution in [-0.4, -0.2) is 37.2 Å². The molecular formula is C29H35NO5. The normalized spacial score (nSPS) is 11.0. The van der Waals surface area contributed by atoms with Crippen molar-refractivity contribution in [2.75, 3.05) is 26.3 Å². The Labute approximate surface area is 206 Å². The second-order valence-electron chi connectivity index (χ2n) is 9.07. The fourth-order valence-corrected chi connectivity index (χ4v) is 3.87. The minimum Gasteiger partial charge on any atom is -0.493 e. The van der Waals surface area contributed by atoms with Crippen molar-refractivity contribution in [3.63, 3.8) is 0 Å². The fourth-order valence-electron chi connectivity index (χ4n) is 3.87. The highest BCUT2D eigenvalue weighted by Crippen LogP contribution is 2.27. The maximum Gasteiger partial charge on any atom is 0.339 e. The number of aliphatic hydroxyl groups is 1. The first kappa shape index (κ1) is 26.4. The first-order chi connectivity index (χ1) is 16.8. The van der Waals surface area contributed by atoms with Gasteiger partial charge in [-0.2, -0.15) is 0 Å². The average Bonchev–Trinajstić information content (AvgIpc) is 2.83. The molecule has 186 valence electrons. The van der Waals surface area contributed by atoms with Crippen molar-refractivity contribution < 1.29 is 19.1 Å². The molecule has 1 aromatic heterocycles. The lowest BCUT2D eigenvalue weighted by molar-refractivity contribution is 0.0992. The molecule has 0 bridgehead atoms. The van der Waals surface area contributed by atoms with E-state index in [-0.39, 0.29) is 18.8 Å². The summed E-state index contributed by atoms with van der Waals surface area (Å²) >= 11 is 0. The summed E-state index contributed by atoms with van der Waals surface area (Å²) in [6.45, 7) is 9.93. The van der Waals surface area contributed by atoms with Crippen LogP contribution < -0.4 is 15.7 Å². The second-order valence-corrected chi connectivity index (χ2v) is 9.07. The van der Waals surface area contributed by atoms with Crippen LogP contribution in [0.3, 0.4) is 0 Å². The van der Waals surface area contributed by atoms with Crippen LogP contribution in [0.1, 0.15) is 52.9 Å². The van der Waals surface area contributed by atoms with E-state index in [1.165, 1.54) is 5.57 Å². The van der Waals surface area contributed by atoms with Gasteiger partial charge in [-0.3, -0.25) is 4.79 Å². The Morgan fingerprint density at radius 1 is 1.09 bits per heavy atom. The number of allylic oxidation sites excluding steroid dienone is 2. The molecular weight excluding hydrogens is 442 g/mol. The number of carbonyl (C=O) groups is 1. The number of hydrogen-bond donors (Lipinski definition) is 2. The van der Waals surface area contributed by atoms with E-state index in [1.54, 1.807) is 6.07 Å². The monoisotopic (exact) mass is 477 g/mol. The zero-order chi connectivity index (χ0) is 25.4. The molecule has 35 heavy (non-hydrogen) atoms. The van der Waals surface area contributed by atoms with E-state index in [2.05, 4.69) is 25.2 Å². The summed E-state index contributed by atoms with van der Waals surface area (Å²) < 4.78 is 11.5. The van der Waals surface area contributed by atoms with E-state index >= 15 is 0 Å². The van der Waals surface area contributed by atoms with Crippen LogP contribution >= 0.6 is 0 Å². The highest BCUT2D eigenvalue weighted by atomic mass is 16.5. The third kappa shape index (κ3) is 7.13. The summed E-state index contributed by atoms with van der Waals surface area (Å²) in [6.07, 6.45) is 3.69. The van der Waals surface area contributed by atoms with Crippen molar-refractivity contribution in [2.45, 2.75) is 47.0 Å². The molecule has 0 saturated heterocycles. The van der Waals surface area contributed by atoms with Gasteiger partial charge >= 0.3 is 5.63 Å². The number of hydrogen-bond acceptors (Lipinski definition) is 6. The molecule has 0 radical (unpaired) electrons. The molecule has 6 nitrogen and oxygen atoms in total. The van der Waals surface area contributed by atoms with Gasteiger partial charge in [0.15, 0.2) is 5.78 Å². The average molecular weight is 478 g/mol. The number of Topliss-reactive ketones (excluding diaryl/α,β-unsaturated/α-hetero) is 1. The van der Waals surface area contributed by atoms with Crippen molar-refractivity contribution in [2.24, 2.45) is 0 Å². The van der Waals surface area contributed by atoms with Gasteiger partial charge in [0, 0.05) is 35.0 Å². The minimum absolute atomic E-state index is 0.0123. The van der Waals surface area contributed by atoms with Gasteiger partial charge in [0.2, 0.25) is 0 Å². The summed E-state index contributed by atoms with van der Waals surface area (Å²) in [6, 6.07) is 11.2. The first-order valence-electron chi connectivity index (χ1n) is 12.1. The number of aliphatic hydroxyl groups excluding tert-OH is 1. The van der Waals surface area contributed by atoms with Gasteiger partial charge in [0.25, 0.3) is 0 Å². The van der Waals surface area contributed by atoms with Crippen LogP contribution in [0.15, 0.2) is 57.3 Å². The van der Waals surface area contributed by atoms with E-state index in [1.807, 2.05) is 44.2 Å². The van der Waals surface area contributed by atoms with Gasteiger partial charge in [-0.15, -0.1) is 0 Å². The molecule has 0 aliphatic heterocycles. The molecule has 3 aromatic rings. The smallest absolute Gasteiger partial charge is 0.339 e. The number of aryl methyl sites for hydroxylation is 2. The van der Waals surface area contributed by atoms with Crippen LogP contribution in [-0.2, 0) is 12.8 Å². The van der Waals surface area contributed by atoms with Gasteiger partial charge in [0.05, 0.1) is 13.2 Å². The van der Waals surface area contributed by atoms with E-state index in [0.717, 1.165) is 41.5 Å². The largest absolute Gasteiger partial charge is 0.493 e. The van der Waals surface area contributed by atoms with Crippen LogP contribution in [0, 0.1) is 13.8 Å². The number of ether oxygens (including phenoxy) is 1. The zero-order valence-corrected chi connectivity index (χ0v) is 21.1. The van der Waals surface area contributed by atoms with Crippen LogP contribution in [0.4, 0.5) is 0 Å². The Morgan fingerprint density at radius 2 is 1.89 bits per heavy atom. The zero-order valence-electron chi connectivity index (χ0n) is 21.1. The highest BCUT2D eigenvalue weighted by molar-refractivity contribution is 5.98. The van der Waals surface area contributed by atoms with Gasteiger partial charge in [-0.25, -0.2) is 4.79 Å². The lowest BCUT2D eigenvalue weighted by Gasteiger charge is -2.11. The Bertz CT molecular complexity index is 1270. The lowest BCUT2D eigenvalue weighted by atomic mass is 9.97. The number of rotatable bonds is 12. The van der Waals surface area contributed by atoms with Crippen LogP contribution in [0.2, 0.25) is 0 Å². The third-order valence-corrected chi connectivity index (χ3v) is 5.97. The number of ketones is 1. The molecule has 6 heteroatoms. The maximum absolute atomic E-state index is 13.0. The SMILES string of the molecule is CC(C)=CCc1cc(C(=O)Cc2cc3ccc(OCCCNCCO)c(C)c3oc2=O)ccc1C. The molecule has 3 rings (SSSR count). The summed E-state index contributed by atoms with van der Waals surface area (Å²) in [7, 11) is 0. The minimum atomic E-state index is -0.504. The van der Waals surface area contributed by atoms with E-state index < -0.39 is 5.63 Å². The van der Waals surface area contributed by atoms with Crippen LogP contribution in [0.25, 0.3) is 11.0 Å². The van der Waals surface area contributed by atoms with Gasteiger partial charge in [-0.05, 0) is 82.5 Å². The molecule has 0 aliphatic rings. The third-order valence-electron chi connectivity index (χ3n) is 5.97. The maximum atomic E-state index is 13.0. The van der Waals surface area contributed by atoms with E-state index in [0.29, 0.717) is 35.6 Å². The molecule has 2 N–H and O–H groups in total. The fraction of sp³-hybridized carbons (Fsp3) is 0.379. The molecule has 0 amide bonds. The van der Waals surface area contributed by atoms with E-state index in [9.17, 15) is 9.59 Å². The second kappa shape index (κ2) is 12.5. The van der Waals surface area contributed by atoms with Crippen molar-refractivity contribution in [1.82, 2.24) is 5.32 Å². The van der Waals surface area contributed by atoms with Crippen molar-refractivity contribution in [3.05, 3.63) is 86.3 Å². The van der Waals surface area contributed by atoms with Gasteiger partial charge in [-0.1, -0.05) is 23.8 Å². The highest BCUT2D eigenvalue weighted by Gasteiger charge is 2.15. The number of benzene rings is 2. The molecule has 1 heterocycles. The van der Waals surface area contributed by atoms with Crippen LogP contribution in [0.5, 0.6) is 5.75 Å². The van der Waals surface area contributed by atoms with E-state index in [4.69, 9.17) is 14.3 Å². The summed E-state index contributed by atoms with van der Waals surface area (Å²) in [5.41, 5.74) is 5.14. The molecule has 0 aliphatic carbocycles. The summed E-state index contributed by atoms with van der Waals surface area (Å²) in [4.78, 5) is 25.7.